The van der Waals surface area contributed by atoms with Crippen LogP contribution in [-0.4, -0.2) is 14.9 Å². The molecule has 0 amide bonds. The van der Waals surface area contributed by atoms with Crippen molar-refractivity contribution in [1.29, 1.82) is 0 Å². The van der Waals surface area contributed by atoms with Crippen LogP contribution in [0.4, 0.5) is 5.69 Å². The molecular formula is C20H14ClN3O3. The minimum absolute atomic E-state index is 0.107. The van der Waals surface area contributed by atoms with Gasteiger partial charge in [0.05, 0.1) is 16.2 Å². The molecule has 0 unspecified atom stereocenters. The van der Waals surface area contributed by atoms with E-state index in [1.165, 1.54) is 6.07 Å². The third kappa shape index (κ3) is 3.22. The van der Waals surface area contributed by atoms with Gasteiger partial charge in [-0.15, -0.1) is 0 Å². The van der Waals surface area contributed by atoms with Gasteiger partial charge in [-0.3, -0.25) is 10.1 Å². The number of H-pyrrole nitrogens is 1. The first kappa shape index (κ1) is 17.1. The number of aryl methyl sites for hydroxylation is 1. The number of nitro benzene ring substituents is 1. The van der Waals surface area contributed by atoms with E-state index in [0.29, 0.717) is 27.9 Å². The molecule has 4 aromatic rings. The van der Waals surface area contributed by atoms with Crippen LogP contribution in [0.2, 0.25) is 5.02 Å². The van der Waals surface area contributed by atoms with Crippen LogP contribution in [0.15, 0.2) is 65.1 Å². The van der Waals surface area contributed by atoms with Crippen LogP contribution >= 0.6 is 11.6 Å². The van der Waals surface area contributed by atoms with Crippen LogP contribution in [0.25, 0.3) is 34.2 Å². The van der Waals surface area contributed by atoms with Gasteiger partial charge in [0.25, 0.3) is 5.69 Å². The second-order valence-electron chi connectivity index (χ2n) is 6.01. The molecule has 4 rings (SSSR count). The number of rotatable bonds is 4. The average Bonchev–Trinajstić information content (AvgIpc) is 3.29. The van der Waals surface area contributed by atoms with Crippen molar-refractivity contribution in [3.05, 3.63) is 81.5 Å². The number of benzene rings is 2. The normalized spacial score (nSPS) is 10.9. The average molecular weight is 380 g/mol. The van der Waals surface area contributed by atoms with E-state index in [2.05, 4.69) is 9.97 Å². The van der Waals surface area contributed by atoms with Crippen molar-refractivity contribution in [3.63, 3.8) is 0 Å². The fourth-order valence-corrected chi connectivity index (χ4v) is 3.09. The van der Waals surface area contributed by atoms with Crippen molar-refractivity contribution in [3.8, 4) is 34.2 Å². The molecule has 0 radical (unpaired) electrons. The van der Waals surface area contributed by atoms with E-state index < -0.39 is 4.92 Å². The molecular weight excluding hydrogens is 366 g/mol. The maximum absolute atomic E-state index is 11.3. The summed E-state index contributed by atoms with van der Waals surface area (Å²) in [5, 5.41) is 11.6. The van der Waals surface area contributed by atoms with Gasteiger partial charge < -0.3 is 9.40 Å². The number of nitrogens with zero attached hydrogens (tertiary/aromatic N) is 2. The van der Waals surface area contributed by atoms with Crippen LogP contribution in [0.3, 0.4) is 0 Å². The fourth-order valence-electron chi connectivity index (χ4n) is 2.93. The highest BCUT2D eigenvalue weighted by Crippen LogP contribution is 2.35. The summed E-state index contributed by atoms with van der Waals surface area (Å²) >= 11 is 5.88. The molecule has 0 fully saturated rings. The molecule has 6 nitrogen and oxygen atoms in total. The van der Waals surface area contributed by atoms with Crippen LogP contribution in [0.1, 0.15) is 5.69 Å². The first-order valence-corrected chi connectivity index (χ1v) is 8.57. The van der Waals surface area contributed by atoms with Gasteiger partial charge in [-0.05, 0) is 31.2 Å². The largest absolute Gasteiger partial charge is 0.453 e. The molecule has 0 aliphatic heterocycles. The van der Waals surface area contributed by atoms with E-state index in [9.17, 15) is 10.1 Å². The van der Waals surface area contributed by atoms with E-state index >= 15 is 0 Å². The lowest BCUT2D eigenvalue weighted by Gasteiger charge is -2.00. The molecule has 134 valence electrons. The van der Waals surface area contributed by atoms with Crippen molar-refractivity contribution >= 4 is 17.3 Å². The second-order valence-corrected chi connectivity index (χ2v) is 6.44. The van der Waals surface area contributed by atoms with Gasteiger partial charge in [-0.2, -0.15) is 0 Å². The molecule has 0 saturated heterocycles. The molecule has 1 N–H and O–H groups in total. The number of halogens is 1. The fraction of sp³-hybridized carbons (Fsp3) is 0.0500. The monoisotopic (exact) mass is 379 g/mol. The van der Waals surface area contributed by atoms with Gasteiger partial charge in [-0.25, -0.2) is 4.98 Å². The van der Waals surface area contributed by atoms with E-state index in [-0.39, 0.29) is 5.69 Å². The van der Waals surface area contributed by atoms with Crippen molar-refractivity contribution in [2.24, 2.45) is 0 Å². The van der Waals surface area contributed by atoms with E-state index in [4.69, 9.17) is 16.0 Å². The summed E-state index contributed by atoms with van der Waals surface area (Å²) in [7, 11) is 0. The number of hydrogen-bond donors (Lipinski definition) is 1. The van der Waals surface area contributed by atoms with E-state index in [0.717, 1.165) is 17.0 Å². The highest BCUT2D eigenvalue weighted by atomic mass is 35.5. The molecule has 0 atom stereocenters. The van der Waals surface area contributed by atoms with E-state index in [1.54, 1.807) is 24.3 Å². The summed E-state index contributed by atoms with van der Waals surface area (Å²) in [5.41, 5.74) is 3.00. The highest BCUT2D eigenvalue weighted by Gasteiger charge is 2.20. The lowest BCUT2D eigenvalue weighted by Crippen LogP contribution is -1.91. The van der Waals surface area contributed by atoms with Gasteiger partial charge in [0.15, 0.2) is 11.6 Å². The zero-order valence-electron chi connectivity index (χ0n) is 14.3. The Morgan fingerprint density at radius 3 is 2.56 bits per heavy atom. The molecule has 0 saturated carbocycles. The highest BCUT2D eigenvalue weighted by molar-refractivity contribution is 6.30. The summed E-state index contributed by atoms with van der Waals surface area (Å²) in [6, 6.07) is 17.7. The molecule has 0 aliphatic carbocycles. The molecule has 7 heteroatoms. The van der Waals surface area contributed by atoms with Gasteiger partial charge in [0.2, 0.25) is 0 Å². The van der Waals surface area contributed by atoms with Gasteiger partial charge in [-0.1, -0.05) is 41.9 Å². The Kier molecular flexibility index (Phi) is 4.25. The van der Waals surface area contributed by atoms with Crippen molar-refractivity contribution in [2.45, 2.75) is 6.92 Å². The van der Waals surface area contributed by atoms with Crippen molar-refractivity contribution < 1.29 is 9.34 Å². The Hall–Kier alpha value is -3.38. The molecule has 2 heterocycles. The molecule has 2 aromatic carbocycles. The third-order valence-corrected chi connectivity index (χ3v) is 4.43. The Labute approximate surface area is 159 Å². The summed E-state index contributed by atoms with van der Waals surface area (Å²) < 4.78 is 5.85. The van der Waals surface area contributed by atoms with Crippen LogP contribution in [-0.2, 0) is 0 Å². The third-order valence-electron chi connectivity index (χ3n) is 4.19. The Bertz CT molecular complexity index is 1130. The first-order valence-electron chi connectivity index (χ1n) is 8.19. The minimum Gasteiger partial charge on any atom is -0.453 e. The molecule has 0 spiro atoms. The van der Waals surface area contributed by atoms with E-state index in [1.807, 2.05) is 37.3 Å². The molecule has 2 aromatic heterocycles. The molecule has 0 aliphatic rings. The molecule has 0 bridgehead atoms. The molecule has 27 heavy (non-hydrogen) atoms. The number of aromatic nitrogens is 2. The predicted molar refractivity (Wildman–Crippen MR) is 104 cm³/mol. The minimum atomic E-state index is -0.478. The number of nitro groups is 1. The van der Waals surface area contributed by atoms with Gasteiger partial charge in [0, 0.05) is 22.3 Å². The lowest BCUT2D eigenvalue weighted by molar-refractivity contribution is -0.384. The zero-order chi connectivity index (χ0) is 19.0. The number of aromatic amines is 1. The van der Waals surface area contributed by atoms with Crippen molar-refractivity contribution in [1.82, 2.24) is 9.97 Å². The Balaban J connectivity index is 1.74. The smallest absolute Gasteiger partial charge is 0.281 e. The summed E-state index contributed by atoms with van der Waals surface area (Å²) in [6.45, 7) is 1.94. The number of hydrogen-bond acceptors (Lipinski definition) is 4. The standard InChI is InChI=1S/C20H14ClN3O3/c1-12-19(13-5-3-2-4-6-13)23-20(22-12)18-10-9-17(27-18)15-8-7-14(21)11-16(15)24(25)26/h2-11H,1H3,(H,22,23). The SMILES string of the molecule is Cc1[nH]c(-c2ccc(-c3ccc(Cl)cc3[N+](=O)[O-])o2)nc1-c1ccccc1. The lowest BCUT2D eigenvalue weighted by atomic mass is 10.1. The topological polar surface area (TPSA) is 85.0 Å². The predicted octanol–water partition coefficient (Wildman–Crippen LogP) is 5.87. The number of imidazole rings is 1. The van der Waals surface area contributed by atoms with Crippen molar-refractivity contribution in [2.75, 3.05) is 0 Å². The maximum atomic E-state index is 11.3. The number of furan rings is 1. The first-order chi connectivity index (χ1) is 13.0. The summed E-state index contributed by atoms with van der Waals surface area (Å²) in [6.07, 6.45) is 0. The maximum Gasteiger partial charge on any atom is 0.281 e. The zero-order valence-corrected chi connectivity index (χ0v) is 15.0. The van der Waals surface area contributed by atoms with Gasteiger partial charge >= 0.3 is 0 Å². The summed E-state index contributed by atoms with van der Waals surface area (Å²) in [5.74, 6) is 1.44. The van der Waals surface area contributed by atoms with Gasteiger partial charge in [0.1, 0.15) is 5.76 Å². The Morgan fingerprint density at radius 2 is 1.81 bits per heavy atom. The summed E-state index contributed by atoms with van der Waals surface area (Å²) in [4.78, 5) is 18.7. The number of nitrogens with one attached hydrogen (secondary N) is 1. The van der Waals surface area contributed by atoms with Crippen LogP contribution < -0.4 is 0 Å². The van der Waals surface area contributed by atoms with Crippen LogP contribution in [0, 0.1) is 17.0 Å². The quantitative estimate of drug-likeness (QED) is 0.354. The van der Waals surface area contributed by atoms with Crippen LogP contribution in [0.5, 0.6) is 0 Å². The second kappa shape index (κ2) is 6.74. The Morgan fingerprint density at radius 1 is 1.07 bits per heavy atom.